The molecule has 128 valence electrons. The number of nitrogens with one attached hydrogen (secondary N) is 1. The van der Waals surface area contributed by atoms with Crippen molar-refractivity contribution in [3.8, 4) is 0 Å². The molecule has 1 fully saturated rings. The summed E-state index contributed by atoms with van der Waals surface area (Å²) < 4.78 is 5.24. The molecule has 1 heterocycles. The first-order valence-corrected chi connectivity index (χ1v) is 8.53. The van der Waals surface area contributed by atoms with E-state index in [9.17, 15) is 4.79 Å². The molecule has 1 saturated carbocycles. The minimum atomic E-state index is -0.421. The third-order valence-corrected chi connectivity index (χ3v) is 4.80. The van der Waals surface area contributed by atoms with Crippen LogP contribution in [0.15, 0.2) is 47.0 Å². The summed E-state index contributed by atoms with van der Waals surface area (Å²) in [5, 5.41) is 9.03. The third kappa shape index (κ3) is 3.13. The van der Waals surface area contributed by atoms with Crippen LogP contribution in [-0.4, -0.2) is 22.6 Å². The lowest BCUT2D eigenvalue weighted by atomic mass is 9.77. The van der Waals surface area contributed by atoms with Crippen molar-refractivity contribution in [2.45, 2.75) is 31.2 Å². The fourth-order valence-electron chi connectivity index (χ4n) is 3.06. The van der Waals surface area contributed by atoms with Crippen molar-refractivity contribution in [3.05, 3.63) is 59.7 Å². The molecule has 4 rings (SSSR count). The smallest absolute Gasteiger partial charge is 0.251 e. The maximum Gasteiger partial charge on any atom is 0.251 e. The van der Waals surface area contributed by atoms with E-state index < -0.39 is 5.54 Å². The highest BCUT2D eigenvalue weighted by Gasteiger charge is 2.38. The number of fused-ring (bicyclic) bond motifs is 1. The topological polar surface area (TPSA) is 94.0 Å². The van der Waals surface area contributed by atoms with Crippen molar-refractivity contribution in [1.82, 2.24) is 15.5 Å². The summed E-state index contributed by atoms with van der Waals surface area (Å²) in [6.45, 7) is 0.435. The summed E-state index contributed by atoms with van der Waals surface area (Å²) in [5.74, 6) is 0.972. The van der Waals surface area contributed by atoms with Crippen LogP contribution in [0.4, 0.5) is 0 Å². The molecule has 0 atom stereocenters. The Hall–Kier alpha value is -2.73. The molecule has 1 aliphatic rings. The van der Waals surface area contributed by atoms with Gasteiger partial charge in [-0.05, 0) is 42.2 Å². The molecule has 0 unspecified atom stereocenters. The molecule has 0 bridgehead atoms. The third-order valence-electron chi connectivity index (χ3n) is 4.80. The average molecular weight is 336 g/mol. The van der Waals surface area contributed by atoms with E-state index in [1.165, 1.54) is 0 Å². The van der Waals surface area contributed by atoms with Gasteiger partial charge >= 0.3 is 0 Å². The zero-order valence-corrected chi connectivity index (χ0v) is 13.9. The first-order valence-electron chi connectivity index (χ1n) is 8.53. The molecule has 2 aromatic carbocycles. The van der Waals surface area contributed by atoms with Gasteiger partial charge in [0.1, 0.15) is 0 Å². The molecule has 6 heteroatoms. The Morgan fingerprint density at radius 1 is 1.20 bits per heavy atom. The Labute approximate surface area is 145 Å². The van der Waals surface area contributed by atoms with Crippen LogP contribution in [0, 0.1) is 0 Å². The summed E-state index contributed by atoms with van der Waals surface area (Å²) in [4.78, 5) is 16.7. The van der Waals surface area contributed by atoms with E-state index in [1.54, 1.807) is 0 Å². The number of hydrogen-bond acceptors (Lipinski definition) is 5. The molecule has 3 N–H and O–H groups in total. The minimum Gasteiger partial charge on any atom is -0.352 e. The average Bonchev–Trinajstić information content (AvgIpc) is 3.08. The number of amides is 1. The number of rotatable bonds is 5. The van der Waals surface area contributed by atoms with Crippen LogP contribution in [0.25, 0.3) is 10.8 Å². The van der Waals surface area contributed by atoms with Gasteiger partial charge in [-0.3, -0.25) is 4.79 Å². The van der Waals surface area contributed by atoms with Gasteiger partial charge < -0.3 is 15.6 Å². The van der Waals surface area contributed by atoms with Gasteiger partial charge in [0.25, 0.3) is 5.91 Å². The van der Waals surface area contributed by atoms with Crippen molar-refractivity contribution in [3.63, 3.8) is 0 Å². The number of benzene rings is 2. The van der Waals surface area contributed by atoms with Gasteiger partial charge in [0.15, 0.2) is 5.82 Å². The fourth-order valence-corrected chi connectivity index (χ4v) is 3.06. The highest BCUT2D eigenvalue weighted by molar-refractivity contribution is 5.98. The quantitative estimate of drug-likeness (QED) is 0.747. The molecule has 1 aliphatic carbocycles. The standard InChI is InChI=1S/C19H20N4O2/c20-19(9-3-10-19)18-22-16(25-23-18)8-11-21-17(24)15-7-6-13-4-1-2-5-14(13)12-15/h1-2,4-7,12H,3,8-11,20H2,(H,21,24). The van der Waals surface area contributed by atoms with Crippen molar-refractivity contribution in [2.75, 3.05) is 6.54 Å². The highest BCUT2D eigenvalue weighted by atomic mass is 16.5. The molecule has 0 radical (unpaired) electrons. The number of aromatic nitrogens is 2. The van der Waals surface area contributed by atoms with E-state index in [2.05, 4.69) is 15.5 Å². The lowest BCUT2D eigenvalue weighted by Gasteiger charge is -2.34. The molecule has 3 aromatic rings. The Morgan fingerprint density at radius 2 is 2.00 bits per heavy atom. The van der Waals surface area contributed by atoms with Crippen LogP contribution in [0.5, 0.6) is 0 Å². The SMILES string of the molecule is NC1(c2noc(CCNC(=O)c3ccc4ccccc4c3)n2)CCC1. The van der Waals surface area contributed by atoms with E-state index in [0.717, 1.165) is 30.0 Å². The van der Waals surface area contributed by atoms with Gasteiger partial charge in [-0.1, -0.05) is 35.5 Å². The van der Waals surface area contributed by atoms with E-state index in [-0.39, 0.29) is 5.91 Å². The Bertz CT molecular complexity index is 914. The number of carbonyl (C=O) groups excluding carboxylic acids is 1. The Morgan fingerprint density at radius 3 is 2.76 bits per heavy atom. The summed E-state index contributed by atoms with van der Waals surface area (Å²) in [6, 6.07) is 13.6. The maximum absolute atomic E-state index is 12.3. The molecule has 1 aromatic heterocycles. The molecule has 25 heavy (non-hydrogen) atoms. The van der Waals surface area contributed by atoms with Crippen molar-refractivity contribution in [2.24, 2.45) is 5.73 Å². The van der Waals surface area contributed by atoms with Crippen LogP contribution >= 0.6 is 0 Å². The van der Waals surface area contributed by atoms with Crippen LogP contribution in [-0.2, 0) is 12.0 Å². The van der Waals surface area contributed by atoms with Crippen molar-refractivity contribution >= 4 is 16.7 Å². The largest absolute Gasteiger partial charge is 0.352 e. The van der Waals surface area contributed by atoms with Crippen molar-refractivity contribution in [1.29, 1.82) is 0 Å². The van der Waals surface area contributed by atoms with E-state index in [4.69, 9.17) is 10.3 Å². The number of carbonyl (C=O) groups is 1. The van der Waals surface area contributed by atoms with Gasteiger partial charge in [0.05, 0.1) is 5.54 Å². The predicted molar refractivity (Wildman–Crippen MR) is 94.0 cm³/mol. The lowest BCUT2D eigenvalue weighted by molar-refractivity contribution is 0.0953. The first kappa shape index (κ1) is 15.8. The summed E-state index contributed by atoms with van der Waals surface area (Å²) in [7, 11) is 0. The Balaban J connectivity index is 1.35. The summed E-state index contributed by atoms with van der Waals surface area (Å²) >= 11 is 0. The van der Waals surface area contributed by atoms with E-state index in [1.807, 2.05) is 42.5 Å². The van der Waals surface area contributed by atoms with Crippen LogP contribution in [0.3, 0.4) is 0 Å². The highest BCUT2D eigenvalue weighted by Crippen LogP contribution is 2.36. The molecule has 0 spiro atoms. The number of nitrogens with zero attached hydrogens (tertiary/aromatic N) is 2. The molecule has 0 saturated heterocycles. The maximum atomic E-state index is 12.3. The zero-order chi connectivity index (χ0) is 17.3. The Kier molecular flexibility index (Phi) is 3.97. The van der Waals surface area contributed by atoms with Gasteiger partial charge in [0.2, 0.25) is 5.89 Å². The zero-order valence-electron chi connectivity index (χ0n) is 13.9. The monoisotopic (exact) mass is 336 g/mol. The minimum absolute atomic E-state index is 0.111. The lowest BCUT2D eigenvalue weighted by Crippen LogP contribution is -2.44. The number of hydrogen-bond donors (Lipinski definition) is 2. The van der Waals surface area contributed by atoms with Gasteiger partial charge in [-0.25, -0.2) is 0 Å². The van der Waals surface area contributed by atoms with Crippen molar-refractivity contribution < 1.29 is 9.32 Å². The second kappa shape index (κ2) is 6.29. The van der Waals surface area contributed by atoms with Crippen LogP contribution in [0.1, 0.15) is 41.3 Å². The van der Waals surface area contributed by atoms with Gasteiger partial charge in [-0.15, -0.1) is 0 Å². The first-order chi connectivity index (χ1) is 12.1. The summed E-state index contributed by atoms with van der Waals surface area (Å²) in [5.41, 5.74) is 6.40. The normalized spacial score (nSPS) is 15.7. The molecule has 0 aliphatic heterocycles. The van der Waals surface area contributed by atoms with Crippen LogP contribution < -0.4 is 11.1 Å². The molecular formula is C19H20N4O2. The summed E-state index contributed by atoms with van der Waals surface area (Å²) in [6.07, 6.45) is 3.37. The molecular weight excluding hydrogens is 316 g/mol. The second-order valence-corrected chi connectivity index (χ2v) is 6.59. The van der Waals surface area contributed by atoms with Crippen LogP contribution in [0.2, 0.25) is 0 Å². The van der Waals surface area contributed by atoms with E-state index >= 15 is 0 Å². The second-order valence-electron chi connectivity index (χ2n) is 6.59. The number of nitrogens with two attached hydrogens (primary N) is 1. The predicted octanol–water partition coefficient (Wildman–Crippen LogP) is 2.53. The van der Waals surface area contributed by atoms with Gasteiger partial charge in [-0.2, -0.15) is 4.98 Å². The molecule has 6 nitrogen and oxygen atoms in total. The fraction of sp³-hybridized carbons (Fsp3) is 0.316. The van der Waals surface area contributed by atoms with Gasteiger partial charge in [0, 0.05) is 18.5 Å². The molecule has 1 amide bonds. The van der Waals surface area contributed by atoms with E-state index in [0.29, 0.717) is 30.2 Å².